The number of hydrogen-bond donors (Lipinski definition) is 2. The summed E-state index contributed by atoms with van der Waals surface area (Å²) < 4.78 is 5.05. The number of methoxy groups -OCH3 is 1. The van der Waals surface area contributed by atoms with E-state index >= 15 is 0 Å². The van der Waals surface area contributed by atoms with Gasteiger partial charge in [-0.25, -0.2) is 4.98 Å². The van der Waals surface area contributed by atoms with Crippen molar-refractivity contribution in [3.05, 3.63) is 23.9 Å². The molecule has 2 heterocycles. The summed E-state index contributed by atoms with van der Waals surface area (Å²) in [5, 5.41) is 9.66. The number of aromatic nitrogens is 1. The molecule has 7 nitrogen and oxygen atoms in total. The van der Waals surface area contributed by atoms with Gasteiger partial charge in [0.15, 0.2) is 0 Å². The molecule has 0 spiro atoms. The molecule has 7 heteroatoms. The van der Waals surface area contributed by atoms with Crippen LogP contribution in [0.25, 0.3) is 0 Å². The summed E-state index contributed by atoms with van der Waals surface area (Å²) in [6.07, 6.45) is 3.30. The first-order valence-corrected chi connectivity index (χ1v) is 7.22. The lowest BCUT2D eigenvalue weighted by Gasteiger charge is -2.40. The van der Waals surface area contributed by atoms with E-state index < -0.39 is 17.3 Å². The van der Waals surface area contributed by atoms with Crippen molar-refractivity contribution >= 4 is 17.7 Å². The minimum Gasteiger partial charge on any atom is -0.481 e. The molecule has 0 saturated carbocycles. The van der Waals surface area contributed by atoms with Crippen LogP contribution in [0.1, 0.15) is 29.6 Å². The Bertz CT molecular complexity index is 563. The SMILES string of the molecule is COCC[C@]1(C(=O)O)CCCN(c2ncccc2C(N)=O)C1. The van der Waals surface area contributed by atoms with E-state index in [2.05, 4.69) is 4.98 Å². The molecule has 0 bridgehead atoms. The molecule has 120 valence electrons. The molecule has 1 saturated heterocycles. The van der Waals surface area contributed by atoms with Gasteiger partial charge in [0.25, 0.3) is 5.91 Å². The molecule has 0 aromatic carbocycles. The fourth-order valence-electron chi connectivity index (χ4n) is 2.94. The Morgan fingerprint density at radius 1 is 1.55 bits per heavy atom. The standard InChI is InChI=1S/C15H21N3O4/c1-22-9-6-15(14(20)21)5-3-8-18(10-15)13-11(12(16)19)4-2-7-17-13/h2,4,7H,3,5-6,8-10H2,1H3,(H2,16,19)(H,20,21)/t15-/m1/s1. The lowest BCUT2D eigenvalue weighted by molar-refractivity contribution is -0.150. The number of piperidine rings is 1. The molecule has 1 aromatic rings. The smallest absolute Gasteiger partial charge is 0.311 e. The van der Waals surface area contributed by atoms with E-state index in [1.807, 2.05) is 4.90 Å². The molecule has 1 aliphatic rings. The van der Waals surface area contributed by atoms with Crippen molar-refractivity contribution in [1.82, 2.24) is 4.98 Å². The number of nitrogens with two attached hydrogens (primary N) is 1. The van der Waals surface area contributed by atoms with Crippen molar-refractivity contribution in [2.45, 2.75) is 19.3 Å². The van der Waals surface area contributed by atoms with Gasteiger partial charge in [0.1, 0.15) is 5.82 Å². The quantitative estimate of drug-likeness (QED) is 0.808. The number of carbonyl (C=O) groups excluding carboxylic acids is 1. The van der Waals surface area contributed by atoms with Gasteiger partial charge >= 0.3 is 5.97 Å². The highest BCUT2D eigenvalue weighted by Crippen LogP contribution is 2.36. The lowest BCUT2D eigenvalue weighted by Crippen LogP contribution is -2.49. The van der Waals surface area contributed by atoms with Gasteiger partial charge < -0.3 is 20.5 Å². The van der Waals surface area contributed by atoms with Crippen molar-refractivity contribution in [2.24, 2.45) is 11.1 Å². The number of nitrogens with zero attached hydrogens (tertiary/aromatic N) is 2. The number of pyridine rings is 1. The molecule has 1 fully saturated rings. The molecule has 3 N–H and O–H groups in total. The van der Waals surface area contributed by atoms with Gasteiger partial charge in [-0.05, 0) is 31.4 Å². The third kappa shape index (κ3) is 3.19. The van der Waals surface area contributed by atoms with Crippen LogP contribution in [-0.2, 0) is 9.53 Å². The van der Waals surface area contributed by atoms with Crippen LogP contribution >= 0.6 is 0 Å². The second kappa shape index (κ2) is 6.74. The van der Waals surface area contributed by atoms with Gasteiger partial charge in [-0.1, -0.05) is 0 Å². The Hall–Kier alpha value is -2.15. The monoisotopic (exact) mass is 307 g/mol. The number of carboxylic acid groups (broad SMARTS) is 1. The van der Waals surface area contributed by atoms with E-state index in [-0.39, 0.29) is 0 Å². The van der Waals surface area contributed by atoms with Crippen molar-refractivity contribution in [1.29, 1.82) is 0 Å². The van der Waals surface area contributed by atoms with Crippen LogP contribution in [0.2, 0.25) is 0 Å². The average Bonchev–Trinajstić information content (AvgIpc) is 2.53. The number of primary amides is 1. The Morgan fingerprint density at radius 3 is 2.95 bits per heavy atom. The third-order valence-corrected chi connectivity index (χ3v) is 4.17. The van der Waals surface area contributed by atoms with Crippen molar-refractivity contribution in [3.8, 4) is 0 Å². The number of rotatable bonds is 6. The maximum Gasteiger partial charge on any atom is 0.311 e. The van der Waals surface area contributed by atoms with E-state index in [0.29, 0.717) is 50.3 Å². The van der Waals surface area contributed by atoms with Gasteiger partial charge in [0.05, 0.1) is 11.0 Å². The summed E-state index contributed by atoms with van der Waals surface area (Å²) in [5.74, 6) is -0.949. The van der Waals surface area contributed by atoms with Gasteiger partial charge in [0, 0.05) is 33.0 Å². The first-order valence-electron chi connectivity index (χ1n) is 7.22. The van der Waals surface area contributed by atoms with E-state index in [0.717, 1.165) is 0 Å². The summed E-state index contributed by atoms with van der Waals surface area (Å²) in [5.41, 5.74) is 4.81. The van der Waals surface area contributed by atoms with Crippen LogP contribution in [0.15, 0.2) is 18.3 Å². The first-order chi connectivity index (χ1) is 10.5. The third-order valence-electron chi connectivity index (χ3n) is 4.17. The van der Waals surface area contributed by atoms with Gasteiger partial charge in [0.2, 0.25) is 0 Å². The maximum absolute atomic E-state index is 11.8. The highest BCUT2D eigenvalue weighted by Gasteiger charge is 2.42. The minimum absolute atomic E-state index is 0.295. The molecular weight excluding hydrogens is 286 g/mol. The molecule has 0 aliphatic carbocycles. The average molecular weight is 307 g/mol. The molecule has 1 aliphatic heterocycles. The number of amides is 1. The molecule has 1 amide bonds. The maximum atomic E-state index is 11.8. The first kappa shape index (κ1) is 16.2. The molecule has 2 rings (SSSR count). The molecule has 1 aromatic heterocycles. The Kier molecular flexibility index (Phi) is 4.97. The van der Waals surface area contributed by atoms with Crippen molar-refractivity contribution < 1.29 is 19.4 Å². The second-order valence-electron chi connectivity index (χ2n) is 5.59. The largest absolute Gasteiger partial charge is 0.481 e. The van der Waals surface area contributed by atoms with Gasteiger partial charge in [-0.3, -0.25) is 9.59 Å². The number of anilines is 1. The van der Waals surface area contributed by atoms with Crippen molar-refractivity contribution in [3.63, 3.8) is 0 Å². The minimum atomic E-state index is -0.888. The van der Waals surface area contributed by atoms with E-state index in [4.69, 9.17) is 10.5 Å². The molecule has 0 unspecified atom stereocenters. The zero-order chi connectivity index (χ0) is 16.2. The summed E-state index contributed by atoms with van der Waals surface area (Å²) >= 11 is 0. The van der Waals surface area contributed by atoms with Crippen LogP contribution < -0.4 is 10.6 Å². The van der Waals surface area contributed by atoms with Gasteiger partial charge in [-0.15, -0.1) is 0 Å². The van der Waals surface area contributed by atoms with Crippen molar-refractivity contribution in [2.75, 3.05) is 31.7 Å². The van der Waals surface area contributed by atoms with Crippen LogP contribution in [-0.4, -0.2) is 48.8 Å². The topological polar surface area (TPSA) is 106 Å². The Labute approximate surface area is 129 Å². The van der Waals surface area contributed by atoms with E-state index in [9.17, 15) is 14.7 Å². The number of hydrogen-bond acceptors (Lipinski definition) is 5. The highest BCUT2D eigenvalue weighted by atomic mass is 16.5. The van der Waals surface area contributed by atoms with E-state index in [1.54, 1.807) is 25.4 Å². The number of aliphatic carboxylic acids is 1. The predicted molar refractivity (Wildman–Crippen MR) is 80.8 cm³/mol. The fourth-order valence-corrected chi connectivity index (χ4v) is 2.94. The van der Waals surface area contributed by atoms with Gasteiger partial charge in [-0.2, -0.15) is 0 Å². The summed E-state index contributed by atoms with van der Waals surface area (Å²) in [6, 6.07) is 3.25. The summed E-state index contributed by atoms with van der Waals surface area (Å²) in [6.45, 7) is 1.33. The van der Waals surface area contributed by atoms with E-state index in [1.165, 1.54) is 0 Å². The number of carbonyl (C=O) groups is 2. The van der Waals surface area contributed by atoms with Crippen LogP contribution in [0.3, 0.4) is 0 Å². The predicted octanol–water partition coefficient (Wildman–Crippen LogP) is 0.888. The zero-order valence-corrected chi connectivity index (χ0v) is 12.6. The highest BCUT2D eigenvalue weighted by molar-refractivity contribution is 5.97. The lowest BCUT2D eigenvalue weighted by atomic mass is 9.77. The molecule has 0 radical (unpaired) electrons. The molecular formula is C15H21N3O4. The van der Waals surface area contributed by atoms with Crippen LogP contribution in [0.5, 0.6) is 0 Å². The summed E-state index contributed by atoms with van der Waals surface area (Å²) in [7, 11) is 1.56. The fraction of sp³-hybridized carbons (Fsp3) is 0.533. The van der Waals surface area contributed by atoms with Crippen LogP contribution in [0, 0.1) is 5.41 Å². The Balaban J connectivity index is 2.30. The van der Waals surface area contributed by atoms with Crippen LogP contribution in [0.4, 0.5) is 5.82 Å². The summed E-state index contributed by atoms with van der Waals surface area (Å²) in [4.78, 5) is 29.4. The Morgan fingerprint density at radius 2 is 2.32 bits per heavy atom. The second-order valence-corrected chi connectivity index (χ2v) is 5.59. The molecule has 1 atom stereocenters. The zero-order valence-electron chi connectivity index (χ0n) is 12.6. The molecule has 22 heavy (non-hydrogen) atoms. The number of ether oxygens (including phenoxy) is 1. The normalized spacial score (nSPS) is 21.6. The number of carboxylic acids is 1.